The molecule has 7 nitrogen and oxygen atoms in total. The van der Waals surface area contributed by atoms with E-state index in [0.29, 0.717) is 22.6 Å². The summed E-state index contributed by atoms with van der Waals surface area (Å²) in [5, 5.41) is 11.6. The van der Waals surface area contributed by atoms with Crippen molar-refractivity contribution in [2.75, 3.05) is 10.7 Å². The van der Waals surface area contributed by atoms with Gasteiger partial charge in [-0.3, -0.25) is 19.7 Å². The summed E-state index contributed by atoms with van der Waals surface area (Å²) in [5.74, 6) is -0.0852. The van der Waals surface area contributed by atoms with Crippen LogP contribution in [0.15, 0.2) is 60.7 Å². The smallest absolute Gasteiger partial charge is 0.270 e. The van der Waals surface area contributed by atoms with Gasteiger partial charge in [-0.1, -0.05) is 0 Å². The van der Waals surface area contributed by atoms with Crippen molar-refractivity contribution in [1.82, 2.24) is 4.68 Å². The molecule has 0 aliphatic carbocycles. The van der Waals surface area contributed by atoms with Gasteiger partial charge >= 0.3 is 0 Å². The summed E-state index contributed by atoms with van der Waals surface area (Å²) in [7, 11) is 0. The van der Waals surface area contributed by atoms with Crippen molar-refractivity contribution < 1.29 is 14.3 Å². The van der Waals surface area contributed by atoms with E-state index in [4.69, 9.17) is 10.00 Å². The fraction of sp³-hybridized carbons (Fsp3) is 0.174. The molecule has 30 heavy (non-hydrogen) atoms. The molecule has 2 aromatic carbocycles. The van der Waals surface area contributed by atoms with Crippen LogP contribution in [0.2, 0.25) is 0 Å². The van der Waals surface area contributed by atoms with E-state index in [1.807, 2.05) is 32.0 Å². The molecular formula is C23H22N4O3. The number of hydrogen-bond acceptors (Lipinski definition) is 4. The minimum atomic E-state index is -0.745. The quantitative estimate of drug-likeness (QED) is 0.656. The number of rotatable bonds is 6. The zero-order chi connectivity index (χ0) is 21.7. The van der Waals surface area contributed by atoms with Gasteiger partial charge in [0, 0.05) is 22.6 Å². The second kappa shape index (κ2) is 8.97. The molecule has 0 aliphatic rings. The van der Waals surface area contributed by atoms with Crippen LogP contribution < -0.4 is 15.5 Å². The summed E-state index contributed by atoms with van der Waals surface area (Å²) >= 11 is 0. The second-order valence-corrected chi connectivity index (χ2v) is 6.86. The highest BCUT2D eigenvalue weighted by Crippen LogP contribution is 2.16. The first kappa shape index (κ1) is 20.7. The topological polar surface area (TPSA) is 96.2 Å². The SMILES string of the molecule is Cc1ccc(C)n1NC(=O)c1ccc(OC(C)C(=O)Nc2ccc(C#N)cc2)cc1. The maximum atomic E-state index is 12.5. The molecule has 1 atom stereocenters. The van der Waals surface area contributed by atoms with Crippen molar-refractivity contribution in [3.05, 3.63) is 83.2 Å². The fourth-order valence-electron chi connectivity index (χ4n) is 2.83. The number of carbonyl (C=O) groups is 2. The number of nitriles is 1. The Bertz CT molecular complexity index is 1070. The Morgan fingerprint density at radius 2 is 1.57 bits per heavy atom. The predicted molar refractivity (Wildman–Crippen MR) is 114 cm³/mol. The van der Waals surface area contributed by atoms with Crippen molar-refractivity contribution in [3.8, 4) is 11.8 Å². The van der Waals surface area contributed by atoms with Crippen LogP contribution in [-0.2, 0) is 4.79 Å². The zero-order valence-corrected chi connectivity index (χ0v) is 17.0. The minimum Gasteiger partial charge on any atom is -0.481 e. The van der Waals surface area contributed by atoms with Crippen LogP contribution in [0.1, 0.15) is 34.2 Å². The fourth-order valence-corrected chi connectivity index (χ4v) is 2.83. The summed E-state index contributed by atoms with van der Waals surface area (Å²) in [4.78, 5) is 24.8. The van der Waals surface area contributed by atoms with Crippen LogP contribution in [-0.4, -0.2) is 22.6 Å². The van der Waals surface area contributed by atoms with Gasteiger partial charge in [0.1, 0.15) is 5.75 Å². The number of aryl methyl sites for hydroxylation is 2. The second-order valence-electron chi connectivity index (χ2n) is 6.86. The highest BCUT2D eigenvalue weighted by Gasteiger charge is 2.16. The first-order chi connectivity index (χ1) is 14.4. The largest absolute Gasteiger partial charge is 0.481 e. The molecular weight excluding hydrogens is 380 g/mol. The lowest BCUT2D eigenvalue weighted by Crippen LogP contribution is -2.30. The van der Waals surface area contributed by atoms with E-state index in [1.165, 1.54) is 0 Å². The Balaban J connectivity index is 1.58. The molecule has 0 bridgehead atoms. The van der Waals surface area contributed by atoms with Gasteiger partial charge in [0.15, 0.2) is 6.10 Å². The molecule has 2 amide bonds. The zero-order valence-electron chi connectivity index (χ0n) is 17.0. The lowest BCUT2D eigenvalue weighted by atomic mass is 10.2. The first-order valence-electron chi connectivity index (χ1n) is 9.41. The number of anilines is 1. The average molecular weight is 402 g/mol. The third-order valence-electron chi connectivity index (χ3n) is 4.56. The first-order valence-corrected chi connectivity index (χ1v) is 9.41. The van der Waals surface area contributed by atoms with Crippen LogP contribution in [0.3, 0.4) is 0 Å². The van der Waals surface area contributed by atoms with Crippen LogP contribution in [0.25, 0.3) is 0 Å². The summed E-state index contributed by atoms with van der Waals surface area (Å²) in [6.07, 6.45) is -0.745. The van der Waals surface area contributed by atoms with E-state index in [-0.39, 0.29) is 11.8 Å². The third kappa shape index (κ3) is 4.86. The minimum absolute atomic E-state index is 0.240. The van der Waals surface area contributed by atoms with Crippen molar-refractivity contribution in [1.29, 1.82) is 5.26 Å². The molecule has 0 fully saturated rings. The highest BCUT2D eigenvalue weighted by molar-refractivity contribution is 6.00. The molecule has 1 heterocycles. The highest BCUT2D eigenvalue weighted by atomic mass is 16.5. The number of nitrogens with zero attached hydrogens (tertiary/aromatic N) is 2. The summed E-state index contributed by atoms with van der Waals surface area (Å²) in [5.41, 5.74) is 6.28. The van der Waals surface area contributed by atoms with Crippen molar-refractivity contribution >= 4 is 17.5 Å². The maximum absolute atomic E-state index is 12.5. The number of ether oxygens (including phenoxy) is 1. The molecule has 1 unspecified atom stereocenters. The van der Waals surface area contributed by atoms with E-state index < -0.39 is 6.10 Å². The normalized spacial score (nSPS) is 11.3. The van der Waals surface area contributed by atoms with Gasteiger partial charge in [0.05, 0.1) is 11.6 Å². The molecule has 3 aromatic rings. The van der Waals surface area contributed by atoms with Crippen LogP contribution in [0.5, 0.6) is 5.75 Å². The third-order valence-corrected chi connectivity index (χ3v) is 4.56. The van der Waals surface area contributed by atoms with E-state index >= 15 is 0 Å². The number of amides is 2. The Labute approximate surface area is 174 Å². The monoisotopic (exact) mass is 402 g/mol. The van der Waals surface area contributed by atoms with E-state index in [9.17, 15) is 9.59 Å². The molecule has 0 saturated heterocycles. The summed E-state index contributed by atoms with van der Waals surface area (Å²) in [6.45, 7) is 5.46. The number of aromatic nitrogens is 1. The molecule has 0 spiro atoms. The molecule has 0 radical (unpaired) electrons. The van der Waals surface area contributed by atoms with Crippen molar-refractivity contribution in [2.45, 2.75) is 26.9 Å². The van der Waals surface area contributed by atoms with Gasteiger partial charge in [0.2, 0.25) is 0 Å². The van der Waals surface area contributed by atoms with Crippen LogP contribution in [0.4, 0.5) is 5.69 Å². The van der Waals surface area contributed by atoms with Gasteiger partial charge in [-0.25, -0.2) is 0 Å². The van der Waals surface area contributed by atoms with Crippen LogP contribution >= 0.6 is 0 Å². The number of hydrogen-bond donors (Lipinski definition) is 2. The van der Waals surface area contributed by atoms with Gasteiger partial charge in [-0.05, 0) is 81.4 Å². The van der Waals surface area contributed by atoms with Crippen LogP contribution in [0, 0.1) is 25.2 Å². The molecule has 0 aliphatic heterocycles. The van der Waals surface area contributed by atoms with E-state index in [2.05, 4.69) is 10.7 Å². The molecule has 2 N–H and O–H groups in total. The standard InChI is InChI=1S/C23H22N4O3/c1-15-4-5-16(2)27(15)26-23(29)19-8-12-21(13-9-19)30-17(3)22(28)25-20-10-6-18(14-24)7-11-20/h4-13,17H,1-3H3,(H,25,28)(H,26,29). The Hall–Kier alpha value is -4.05. The van der Waals surface area contributed by atoms with Gasteiger partial charge in [-0.2, -0.15) is 5.26 Å². The Kier molecular flexibility index (Phi) is 6.18. The van der Waals surface area contributed by atoms with E-state index in [1.54, 1.807) is 60.1 Å². The van der Waals surface area contributed by atoms with Gasteiger partial charge in [0.25, 0.3) is 11.8 Å². The molecule has 7 heteroatoms. The number of nitrogens with one attached hydrogen (secondary N) is 2. The molecule has 1 aromatic heterocycles. The Morgan fingerprint density at radius 3 is 2.13 bits per heavy atom. The summed E-state index contributed by atoms with van der Waals surface area (Å²) < 4.78 is 7.40. The number of carbonyl (C=O) groups excluding carboxylic acids is 2. The van der Waals surface area contributed by atoms with Crippen molar-refractivity contribution in [2.24, 2.45) is 0 Å². The Morgan fingerprint density at radius 1 is 0.967 bits per heavy atom. The maximum Gasteiger partial charge on any atom is 0.270 e. The molecule has 152 valence electrons. The van der Waals surface area contributed by atoms with Gasteiger partial charge < -0.3 is 10.1 Å². The lowest BCUT2D eigenvalue weighted by Gasteiger charge is -2.15. The number of benzene rings is 2. The average Bonchev–Trinajstić information content (AvgIpc) is 3.06. The molecule has 3 rings (SSSR count). The molecule has 0 saturated carbocycles. The lowest BCUT2D eigenvalue weighted by molar-refractivity contribution is -0.122. The van der Waals surface area contributed by atoms with E-state index in [0.717, 1.165) is 11.4 Å². The van der Waals surface area contributed by atoms with Crippen molar-refractivity contribution in [3.63, 3.8) is 0 Å². The summed E-state index contributed by atoms with van der Waals surface area (Å²) in [6, 6.07) is 19.0. The predicted octanol–water partition coefficient (Wildman–Crippen LogP) is 3.77. The van der Waals surface area contributed by atoms with Gasteiger partial charge in [-0.15, -0.1) is 0 Å².